The van der Waals surface area contributed by atoms with Crippen molar-refractivity contribution >= 4 is 17.7 Å². The van der Waals surface area contributed by atoms with Crippen LogP contribution in [-0.2, 0) is 14.3 Å². The van der Waals surface area contributed by atoms with Gasteiger partial charge < -0.3 is 10.1 Å². The summed E-state index contributed by atoms with van der Waals surface area (Å²) in [6.07, 6.45) is 0. The van der Waals surface area contributed by atoms with Gasteiger partial charge >= 0.3 is 5.97 Å². The van der Waals surface area contributed by atoms with E-state index in [-0.39, 0.29) is 24.8 Å². The van der Waals surface area contributed by atoms with Crippen LogP contribution in [0.1, 0.15) is 42.3 Å². The molecule has 1 N–H and O–H groups in total. The van der Waals surface area contributed by atoms with Crippen LogP contribution in [0.15, 0.2) is 18.2 Å². The number of esters is 1. The van der Waals surface area contributed by atoms with E-state index in [1.165, 1.54) is 0 Å². The van der Waals surface area contributed by atoms with Crippen LogP contribution in [0.2, 0.25) is 0 Å². The van der Waals surface area contributed by atoms with Gasteiger partial charge in [0.05, 0.1) is 0 Å². The second-order valence-electron chi connectivity index (χ2n) is 6.39. The second-order valence-corrected chi connectivity index (χ2v) is 6.39. The molecule has 0 unspecified atom stereocenters. The van der Waals surface area contributed by atoms with E-state index < -0.39 is 11.4 Å². The SMILES string of the molecule is Cc1cc(C)cc(C(=O)NCC(=O)OCC(=O)C(C)(C)C)c1. The highest BCUT2D eigenvalue weighted by Gasteiger charge is 2.22. The average molecular weight is 305 g/mol. The van der Waals surface area contributed by atoms with E-state index in [0.717, 1.165) is 11.1 Å². The smallest absolute Gasteiger partial charge is 0.325 e. The first kappa shape index (κ1) is 17.9. The van der Waals surface area contributed by atoms with Crippen LogP contribution in [0.4, 0.5) is 0 Å². The van der Waals surface area contributed by atoms with Crippen molar-refractivity contribution < 1.29 is 19.1 Å². The summed E-state index contributed by atoms with van der Waals surface area (Å²) < 4.78 is 4.86. The number of carbonyl (C=O) groups is 3. The van der Waals surface area contributed by atoms with Crippen molar-refractivity contribution in [2.24, 2.45) is 5.41 Å². The standard InChI is InChI=1S/C17H23NO4/c1-11-6-12(2)8-13(7-11)16(21)18-9-15(20)22-10-14(19)17(3,4)5/h6-8H,9-10H2,1-5H3,(H,18,21). The molecule has 1 aromatic rings. The minimum atomic E-state index is -0.629. The van der Waals surface area contributed by atoms with Crippen LogP contribution in [-0.4, -0.2) is 30.8 Å². The molecule has 0 radical (unpaired) electrons. The minimum absolute atomic E-state index is 0.165. The number of hydrogen-bond donors (Lipinski definition) is 1. The summed E-state index contributed by atoms with van der Waals surface area (Å²) in [7, 11) is 0. The van der Waals surface area contributed by atoms with Crippen LogP contribution in [0, 0.1) is 19.3 Å². The number of ketones is 1. The van der Waals surface area contributed by atoms with E-state index in [9.17, 15) is 14.4 Å². The van der Waals surface area contributed by atoms with Crippen molar-refractivity contribution in [3.05, 3.63) is 34.9 Å². The zero-order valence-corrected chi connectivity index (χ0v) is 13.8. The van der Waals surface area contributed by atoms with Gasteiger partial charge in [-0.1, -0.05) is 38.0 Å². The lowest BCUT2D eigenvalue weighted by molar-refractivity contribution is -0.149. The minimum Gasteiger partial charge on any atom is -0.456 e. The van der Waals surface area contributed by atoms with Gasteiger partial charge in [0, 0.05) is 11.0 Å². The predicted molar refractivity (Wildman–Crippen MR) is 83.7 cm³/mol. The van der Waals surface area contributed by atoms with Crippen molar-refractivity contribution in [2.75, 3.05) is 13.2 Å². The Morgan fingerprint density at radius 2 is 1.59 bits per heavy atom. The maximum atomic E-state index is 12.0. The van der Waals surface area contributed by atoms with E-state index in [2.05, 4.69) is 5.32 Å². The van der Waals surface area contributed by atoms with Crippen molar-refractivity contribution in [3.8, 4) is 0 Å². The van der Waals surface area contributed by atoms with E-state index in [1.54, 1.807) is 32.9 Å². The predicted octanol–water partition coefficient (Wildman–Crippen LogP) is 2.19. The van der Waals surface area contributed by atoms with Crippen molar-refractivity contribution in [1.82, 2.24) is 5.32 Å². The molecule has 0 aromatic heterocycles. The van der Waals surface area contributed by atoms with Crippen LogP contribution in [0.5, 0.6) is 0 Å². The van der Waals surface area contributed by atoms with E-state index in [1.807, 2.05) is 19.9 Å². The summed E-state index contributed by atoms with van der Waals surface area (Å²) in [5, 5.41) is 2.49. The second kappa shape index (κ2) is 7.20. The van der Waals surface area contributed by atoms with Gasteiger partial charge in [0.15, 0.2) is 12.4 Å². The Bertz CT molecular complexity index is 565. The fourth-order valence-corrected chi connectivity index (χ4v) is 1.77. The third-order valence-corrected chi connectivity index (χ3v) is 3.08. The first-order valence-electron chi connectivity index (χ1n) is 7.15. The molecule has 22 heavy (non-hydrogen) atoms. The molecule has 0 aliphatic rings. The number of aryl methyl sites for hydroxylation is 2. The highest BCUT2D eigenvalue weighted by Crippen LogP contribution is 2.14. The number of ether oxygens (including phenoxy) is 1. The molecule has 0 saturated carbocycles. The number of hydrogen-bond acceptors (Lipinski definition) is 4. The van der Waals surface area contributed by atoms with Crippen molar-refractivity contribution in [1.29, 1.82) is 0 Å². The number of Topliss-reactive ketones (excluding diaryl/α,β-unsaturated/α-hetero) is 1. The molecule has 1 aromatic carbocycles. The van der Waals surface area contributed by atoms with Crippen LogP contribution in [0.25, 0.3) is 0 Å². The molecule has 0 aliphatic heterocycles. The summed E-state index contributed by atoms with van der Waals surface area (Å²) >= 11 is 0. The first-order valence-corrected chi connectivity index (χ1v) is 7.15. The van der Waals surface area contributed by atoms with Crippen molar-refractivity contribution in [3.63, 3.8) is 0 Å². The van der Waals surface area contributed by atoms with E-state index >= 15 is 0 Å². The van der Waals surface area contributed by atoms with Gasteiger partial charge in [-0.2, -0.15) is 0 Å². The fourth-order valence-electron chi connectivity index (χ4n) is 1.77. The third-order valence-electron chi connectivity index (χ3n) is 3.08. The van der Waals surface area contributed by atoms with Gasteiger partial charge in [0.25, 0.3) is 5.91 Å². The molecule has 1 rings (SSSR count). The Balaban J connectivity index is 2.47. The molecular formula is C17H23NO4. The molecule has 0 fully saturated rings. The van der Waals surface area contributed by atoms with Gasteiger partial charge in [-0.3, -0.25) is 14.4 Å². The van der Waals surface area contributed by atoms with Crippen LogP contribution < -0.4 is 5.32 Å². The summed E-state index contributed by atoms with van der Waals surface area (Å²) in [6.45, 7) is 8.53. The lowest BCUT2D eigenvalue weighted by Gasteiger charge is -2.16. The Kier molecular flexibility index (Phi) is 5.85. The summed E-state index contributed by atoms with van der Waals surface area (Å²) in [5.74, 6) is -1.14. The molecule has 120 valence electrons. The molecule has 5 nitrogen and oxygen atoms in total. The van der Waals surface area contributed by atoms with Gasteiger partial charge in [0.2, 0.25) is 0 Å². The average Bonchev–Trinajstić information content (AvgIpc) is 2.39. The summed E-state index contributed by atoms with van der Waals surface area (Å²) in [5.41, 5.74) is 1.89. The maximum Gasteiger partial charge on any atom is 0.325 e. The molecule has 5 heteroatoms. The molecule has 0 bridgehead atoms. The summed E-state index contributed by atoms with van der Waals surface area (Å²) in [4.78, 5) is 35.2. The largest absolute Gasteiger partial charge is 0.456 e. The van der Waals surface area contributed by atoms with Crippen LogP contribution >= 0.6 is 0 Å². The Hall–Kier alpha value is -2.17. The number of benzene rings is 1. The molecule has 0 saturated heterocycles. The van der Waals surface area contributed by atoms with E-state index in [0.29, 0.717) is 5.56 Å². The maximum absolute atomic E-state index is 12.0. The highest BCUT2D eigenvalue weighted by molar-refractivity contribution is 5.96. The number of rotatable bonds is 5. The Labute approximate surface area is 131 Å². The molecule has 0 aliphatic carbocycles. The Morgan fingerprint density at radius 3 is 2.09 bits per heavy atom. The molecule has 1 amide bonds. The zero-order chi connectivity index (χ0) is 16.9. The molecule has 0 atom stereocenters. The van der Waals surface area contributed by atoms with Gasteiger partial charge in [-0.05, 0) is 26.0 Å². The van der Waals surface area contributed by atoms with Gasteiger partial charge in [-0.25, -0.2) is 0 Å². The number of amides is 1. The molecule has 0 spiro atoms. The number of nitrogens with one attached hydrogen (secondary N) is 1. The number of carbonyl (C=O) groups excluding carboxylic acids is 3. The highest BCUT2D eigenvalue weighted by atomic mass is 16.5. The Morgan fingerprint density at radius 1 is 1.05 bits per heavy atom. The van der Waals surface area contributed by atoms with E-state index in [4.69, 9.17) is 4.74 Å². The van der Waals surface area contributed by atoms with Gasteiger partial charge in [0.1, 0.15) is 6.54 Å². The summed E-state index contributed by atoms with van der Waals surface area (Å²) in [6, 6.07) is 5.46. The lowest BCUT2D eigenvalue weighted by Crippen LogP contribution is -2.33. The van der Waals surface area contributed by atoms with Crippen molar-refractivity contribution in [2.45, 2.75) is 34.6 Å². The quantitative estimate of drug-likeness (QED) is 0.846. The molecule has 0 heterocycles. The lowest BCUT2D eigenvalue weighted by atomic mass is 9.91. The first-order chi connectivity index (χ1) is 10.1. The normalized spacial score (nSPS) is 11.0. The topological polar surface area (TPSA) is 72.5 Å². The molecular weight excluding hydrogens is 282 g/mol. The monoisotopic (exact) mass is 305 g/mol. The van der Waals surface area contributed by atoms with Crippen LogP contribution in [0.3, 0.4) is 0 Å². The fraction of sp³-hybridized carbons (Fsp3) is 0.471. The van der Waals surface area contributed by atoms with Gasteiger partial charge in [-0.15, -0.1) is 0 Å². The third kappa shape index (κ3) is 5.68. The zero-order valence-electron chi connectivity index (χ0n) is 13.8.